The van der Waals surface area contributed by atoms with Crippen LogP contribution in [0.2, 0.25) is 4.47 Å². The Balaban J connectivity index is 2.66. The van der Waals surface area contributed by atoms with Gasteiger partial charge in [-0.05, 0) is 0 Å². The molecule has 0 aromatic heterocycles. The number of hydrogen-bond donors (Lipinski definition) is 1. The zero-order valence-corrected chi connectivity index (χ0v) is 11.6. The van der Waals surface area contributed by atoms with Crippen LogP contribution < -0.4 is 3.61 Å². The minimum atomic E-state index is -0.0412. The van der Waals surface area contributed by atoms with Crippen molar-refractivity contribution in [3.05, 3.63) is 29.8 Å². The molecule has 0 atom stereocenters. The molecule has 0 amide bonds. The summed E-state index contributed by atoms with van der Waals surface area (Å²) in [6, 6.07) is 8.39. The van der Waals surface area contributed by atoms with Gasteiger partial charge in [-0.2, -0.15) is 0 Å². The van der Waals surface area contributed by atoms with Gasteiger partial charge >= 0.3 is 102 Å². The van der Waals surface area contributed by atoms with Gasteiger partial charge in [0, 0.05) is 0 Å². The van der Waals surface area contributed by atoms with E-state index in [1.54, 1.807) is 0 Å². The fraction of sp³-hybridized carbons (Fsp3) is 0.417. The first-order valence-corrected chi connectivity index (χ1v) is 8.01. The third kappa shape index (κ3) is 4.24. The second kappa shape index (κ2) is 6.87. The molecule has 1 aromatic carbocycles. The number of oxime groups is 1. The average molecular weight is 319 g/mol. The van der Waals surface area contributed by atoms with Gasteiger partial charge in [0.2, 0.25) is 0 Å². The van der Waals surface area contributed by atoms with Crippen LogP contribution in [0.1, 0.15) is 32.3 Å². The molecule has 0 aliphatic heterocycles. The summed E-state index contributed by atoms with van der Waals surface area (Å²) >= 11 is -0.0412. The predicted octanol–water partition coefficient (Wildman–Crippen LogP) is 2.43. The topological polar surface area (TPSA) is 32.6 Å². The van der Waals surface area contributed by atoms with Gasteiger partial charge in [-0.1, -0.05) is 0 Å². The second-order valence-corrected chi connectivity index (χ2v) is 6.75. The third-order valence-electron chi connectivity index (χ3n) is 2.17. The van der Waals surface area contributed by atoms with E-state index in [9.17, 15) is 0 Å². The quantitative estimate of drug-likeness (QED) is 0.292. The normalized spacial score (nSPS) is 11.7. The molecule has 0 spiro atoms. The Morgan fingerprint density at radius 3 is 2.93 bits per heavy atom. The maximum absolute atomic E-state index is 8.69. The van der Waals surface area contributed by atoms with Gasteiger partial charge in [0.15, 0.2) is 0 Å². The first-order valence-electron chi connectivity index (χ1n) is 5.19. The molecule has 0 heterocycles. The van der Waals surface area contributed by atoms with Crippen molar-refractivity contribution < 1.29 is 5.21 Å². The van der Waals surface area contributed by atoms with E-state index < -0.39 is 0 Å². The van der Waals surface area contributed by atoms with E-state index in [-0.39, 0.29) is 20.9 Å². The summed E-state index contributed by atoms with van der Waals surface area (Å²) in [6.45, 7) is 4.05. The molecule has 0 radical (unpaired) electrons. The van der Waals surface area contributed by atoms with E-state index >= 15 is 0 Å². The van der Waals surface area contributed by atoms with Crippen molar-refractivity contribution in [1.82, 2.24) is 0 Å². The van der Waals surface area contributed by atoms with E-state index in [0.29, 0.717) is 5.71 Å². The van der Waals surface area contributed by atoms with Crippen molar-refractivity contribution in [2.24, 2.45) is 5.16 Å². The summed E-state index contributed by atoms with van der Waals surface area (Å²) in [6.07, 6.45) is 2.61. The summed E-state index contributed by atoms with van der Waals surface area (Å²) in [7, 11) is 0. The Hall–Kier alpha value is -0.520. The van der Waals surface area contributed by atoms with Crippen LogP contribution in [0.15, 0.2) is 29.4 Å². The molecule has 0 bridgehead atoms. The number of rotatable bonds is 5. The molecule has 0 aliphatic carbocycles. The van der Waals surface area contributed by atoms with Crippen LogP contribution in [0.5, 0.6) is 0 Å². The Morgan fingerprint density at radius 2 is 2.27 bits per heavy atom. The zero-order valence-electron chi connectivity index (χ0n) is 9.23. The van der Waals surface area contributed by atoms with Gasteiger partial charge in [0.25, 0.3) is 0 Å². The van der Waals surface area contributed by atoms with E-state index in [4.69, 9.17) is 5.21 Å². The Labute approximate surface area is 101 Å². The van der Waals surface area contributed by atoms with E-state index in [2.05, 4.69) is 30.3 Å². The second-order valence-electron chi connectivity index (χ2n) is 3.42. The molecule has 0 fully saturated rings. The van der Waals surface area contributed by atoms with Crippen LogP contribution in [-0.4, -0.2) is 31.8 Å². The summed E-state index contributed by atoms with van der Waals surface area (Å²) in [5.41, 5.74) is 1.73. The van der Waals surface area contributed by atoms with Crippen LogP contribution in [0.4, 0.5) is 0 Å². The number of hydrogen-bond acceptors (Lipinski definition) is 2. The monoisotopic (exact) mass is 321 g/mol. The fourth-order valence-corrected chi connectivity index (χ4v) is 4.21. The molecule has 0 saturated heterocycles. The molecule has 0 saturated carbocycles. The van der Waals surface area contributed by atoms with Crippen molar-refractivity contribution in [1.29, 1.82) is 0 Å². The van der Waals surface area contributed by atoms with Gasteiger partial charge in [0.05, 0.1) is 0 Å². The minimum absolute atomic E-state index is 0.0412. The molecule has 82 valence electrons. The predicted molar refractivity (Wildman–Crippen MR) is 65.5 cm³/mol. The van der Waals surface area contributed by atoms with Gasteiger partial charge < -0.3 is 0 Å². The molecule has 1 N–H and O–H groups in total. The zero-order chi connectivity index (χ0) is 11.1. The van der Waals surface area contributed by atoms with Crippen molar-refractivity contribution in [2.45, 2.75) is 31.2 Å². The first kappa shape index (κ1) is 12.5. The maximum atomic E-state index is 8.69. The summed E-state index contributed by atoms with van der Waals surface area (Å²) in [5.74, 6) is 0. The summed E-state index contributed by atoms with van der Waals surface area (Å²) in [5, 5.41) is 11.9. The van der Waals surface area contributed by atoms with Gasteiger partial charge in [0.1, 0.15) is 0 Å². The molecule has 1 rings (SSSR count). The Kier molecular flexibility index (Phi) is 5.75. The van der Waals surface area contributed by atoms with Crippen LogP contribution in [0.3, 0.4) is 0 Å². The Morgan fingerprint density at radius 1 is 1.47 bits per heavy atom. The first-order chi connectivity index (χ1) is 7.27. The van der Waals surface area contributed by atoms with Crippen molar-refractivity contribution in [2.75, 3.05) is 0 Å². The molecule has 15 heavy (non-hydrogen) atoms. The number of benzene rings is 1. The SMILES string of the molecule is CCCC[Te]c1cccc(/C(C)=N/O)c1. The van der Waals surface area contributed by atoms with Crippen molar-refractivity contribution in [3.8, 4) is 0 Å². The average Bonchev–Trinajstić information content (AvgIpc) is 2.29. The summed E-state index contributed by atoms with van der Waals surface area (Å²) < 4.78 is 2.81. The van der Waals surface area contributed by atoms with Crippen LogP contribution in [0.25, 0.3) is 0 Å². The van der Waals surface area contributed by atoms with E-state index in [1.807, 2.05) is 13.0 Å². The molecular formula is C12H17NOTe. The molecule has 1 aromatic rings. The Bertz CT molecular complexity index is 336. The van der Waals surface area contributed by atoms with Crippen LogP contribution >= 0.6 is 0 Å². The molecular weight excluding hydrogens is 302 g/mol. The molecule has 2 nitrogen and oxygen atoms in total. The number of unbranched alkanes of at least 4 members (excludes halogenated alkanes) is 1. The molecule has 0 aliphatic rings. The van der Waals surface area contributed by atoms with Gasteiger partial charge in [-0.15, -0.1) is 0 Å². The van der Waals surface area contributed by atoms with Gasteiger partial charge in [-0.25, -0.2) is 0 Å². The van der Waals surface area contributed by atoms with Crippen molar-refractivity contribution in [3.63, 3.8) is 0 Å². The third-order valence-corrected chi connectivity index (χ3v) is 5.25. The molecule has 0 unspecified atom stereocenters. The fourth-order valence-electron chi connectivity index (χ4n) is 1.20. The van der Waals surface area contributed by atoms with E-state index in [0.717, 1.165) is 5.56 Å². The van der Waals surface area contributed by atoms with E-state index in [1.165, 1.54) is 20.9 Å². The summed E-state index contributed by atoms with van der Waals surface area (Å²) in [4.78, 5) is 0. The van der Waals surface area contributed by atoms with Crippen LogP contribution in [-0.2, 0) is 0 Å². The van der Waals surface area contributed by atoms with Crippen LogP contribution in [0, 0.1) is 0 Å². The standard InChI is InChI=1S/C12H17NOTe/c1-3-4-8-15-12-7-5-6-11(9-12)10(2)13-14/h5-7,9,14H,3-4,8H2,1-2H3/b13-10+. The molecule has 3 heteroatoms. The number of nitrogens with zero attached hydrogens (tertiary/aromatic N) is 1. The van der Waals surface area contributed by atoms with Crippen molar-refractivity contribution >= 4 is 30.2 Å². The van der Waals surface area contributed by atoms with Gasteiger partial charge in [-0.3, -0.25) is 0 Å².